The summed E-state index contributed by atoms with van der Waals surface area (Å²) in [5, 5.41) is 8.54. The maximum atomic E-state index is 4.84. The highest BCUT2D eigenvalue weighted by Gasteiger charge is 2.17. The van der Waals surface area contributed by atoms with Crippen molar-refractivity contribution < 1.29 is 0 Å². The van der Waals surface area contributed by atoms with Gasteiger partial charge in [0.05, 0.1) is 17.6 Å². The molecule has 0 unspecified atom stereocenters. The first-order chi connectivity index (χ1) is 18.8. The van der Waals surface area contributed by atoms with E-state index in [9.17, 15) is 0 Å². The highest BCUT2D eigenvalue weighted by atomic mass is 15.3. The van der Waals surface area contributed by atoms with Crippen molar-refractivity contribution in [3.05, 3.63) is 94.6 Å². The van der Waals surface area contributed by atoms with E-state index < -0.39 is 0 Å². The summed E-state index contributed by atoms with van der Waals surface area (Å²) < 4.78 is 2.05. The molecule has 3 aromatic rings. The Bertz CT molecular complexity index is 1280. The zero-order valence-electron chi connectivity index (χ0n) is 25.1. The van der Waals surface area contributed by atoms with E-state index in [-0.39, 0.29) is 0 Å². The Kier molecular flexibility index (Phi) is 11.1. The first kappa shape index (κ1) is 29.9. The Morgan fingerprint density at radius 2 is 1.74 bits per heavy atom. The largest absolute Gasteiger partial charge is 0.381 e. The van der Waals surface area contributed by atoms with Crippen molar-refractivity contribution in [3.63, 3.8) is 0 Å². The van der Waals surface area contributed by atoms with E-state index in [0.717, 1.165) is 65.5 Å². The van der Waals surface area contributed by atoms with E-state index in [1.54, 1.807) is 0 Å². The molecule has 1 aromatic carbocycles. The molecule has 0 radical (unpaired) electrons. The molecule has 208 valence electrons. The van der Waals surface area contributed by atoms with Gasteiger partial charge in [0.15, 0.2) is 0 Å². The van der Waals surface area contributed by atoms with Gasteiger partial charge >= 0.3 is 0 Å². The zero-order valence-corrected chi connectivity index (χ0v) is 25.1. The van der Waals surface area contributed by atoms with Crippen LogP contribution in [0.2, 0.25) is 0 Å². The lowest BCUT2D eigenvalue weighted by Gasteiger charge is -2.21. The first-order valence-corrected chi connectivity index (χ1v) is 14.0. The zero-order chi connectivity index (χ0) is 28.4. The lowest BCUT2D eigenvalue weighted by atomic mass is 10.00. The standard InChI is InChI=1S/C33H46N6/c1-9-12-31(34-22-27-15-18-33(35-23-27)38(8)20-19-37(6)7)29(11-3)30-24-36-39(32(30)21-25(4)10-2)28-16-13-26(5)14-17-28/h11-18,21,23-24,34H,9-10,19-20,22H2,1-8H3/b25-21+,29-11+,31-12+. The van der Waals surface area contributed by atoms with Crippen LogP contribution in [-0.2, 0) is 6.54 Å². The molecule has 2 aromatic heterocycles. The van der Waals surface area contributed by atoms with Gasteiger partial charge in [-0.15, -0.1) is 0 Å². The number of hydrogen-bond acceptors (Lipinski definition) is 5. The lowest BCUT2D eigenvalue weighted by molar-refractivity contribution is 0.416. The third-order valence-electron chi connectivity index (χ3n) is 6.87. The summed E-state index contributed by atoms with van der Waals surface area (Å²) in [6.45, 7) is 13.4. The van der Waals surface area contributed by atoms with E-state index in [4.69, 9.17) is 10.1 Å². The van der Waals surface area contributed by atoms with Crippen molar-refractivity contribution in [2.75, 3.05) is 39.1 Å². The molecule has 6 heteroatoms. The van der Waals surface area contributed by atoms with Gasteiger partial charge in [-0.1, -0.05) is 55.3 Å². The predicted molar refractivity (Wildman–Crippen MR) is 167 cm³/mol. The summed E-state index contributed by atoms with van der Waals surface area (Å²) in [5.41, 5.74) is 9.25. The Morgan fingerprint density at radius 1 is 1.00 bits per heavy atom. The number of allylic oxidation sites excluding steroid dienone is 4. The van der Waals surface area contributed by atoms with Crippen molar-refractivity contribution >= 4 is 17.5 Å². The SMILES string of the molecule is C/C=C(/C(=C\CC)NCc1ccc(N(C)CCN(C)C)nc1)c1cnn(-c2ccc(C)cc2)c1/C=C(\C)CC. The molecule has 39 heavy (non-hydrogen) atoms. The second-order valence-corrected chi connectivity index (χ2v) is 10.4. The molecule has 0 bridgehead atoms. The third-order valence-corrected chi connectivity index (χ3v) is 6.87. The van der Waals surface area contributed by atoms with Gasteiger partial charge in [0.1, 0.15) is 5.82 Å². The number of pyridine rings is 1. The summed E-state index contributed by atoms with van der Waals surface area (Å²) in [6.07, 6.45) is 12.6. The van der Waals surface area contributed by atoms with Crippen molar-refractivity contribution in [1.82, 2.24) is 25.0 Å². The van der Waals surface area contributed by atoms with E-state index in [1.807, 2.05) is 12.4 Å². The van der Waals surface area contributed by atoms with Gasteiger partial charge in [-0.25, -0.2) is 9.67 Å². The second kappa shape index (κ2) is 14.5. The van der Waals surface area contributed by atoms with Gasteiger partial charge in [-0.2, -0.15) is 5.10 Å². The molecule has 0 aliphatic heterocycles. The molecule has 0 saturated heterocycles. The van der Waals surface area contributed by atoms with Gasteiger partial charge in [0.25, 0.3) is 0 Å². The molecule has 0 fully saturated rings. The van der Waals surface area contributed by atoms with Crippen LogP contribution in [0.4, 0.5) is 5.82 Å². The van der Waals surface area contributed by atoms with Crippen LogP contribution >= 0.6 is 0 Å². The number of anilines is 1. The Morgan fingerprint density at radius 3 is 2.33 bits per heavy atom. The fourth-order valence-corrected chi connectivity index (χ4v) is 4.28. The smallest absolute Gasteiger partial charge is 0.128 e. The minimum atomic E-state index is 0.698. The minimum absolute atomic E-state index is 0.698. The predicted octanol–water partition coefficient (Wildman–Crippen LogP) is 6.87. The number of hydrogen-bond donors (Lipinski definition) is 1. The van der Waals surface area contributed by atoms with Crippen LogP contribution in [0.1, 0.15) is 62.9 Å². The summed E-state index contributed by atoms with van der Waals surface area (Å²) in [6, 6.07) is 12.8. The molecule has 0 spiro atoms. The molecule has 0 aliphatic rings. The lowest BCUT2D eigenvalue weighted by Crippen LogP contribution is -2.29. The maximum Gasteiger partial charge on any atom is 0.128 e. The molecule has 0 saturated carbocycles. The highest BCUT2D eigenvalue weighted by Crippen LogP contribution is 2.29. The van der Waals surface area contributed by atoms with E-state index in [0.29, 0.717) is 6.54 Å². The molecule has 1 N–H and O–H groups in total. The molecule has 0 atom stereocenters. The molecular weight excluding hydrogens is 480 g/mol. The van der Waals surface area contributed by atoms with Crippen LogP contribution in [0.3, 0.4) is 0 Å². The van der Waals surface area contributed by atoms with Crippen LogP contribution < -0.4 is 10.2 Å². The Hall–Kier alpha value is -3.64. The quantitative estimate of drug-likeness (QED) is 0.246. The third kappa shape index (κ3) is 8.17. The summed E-state index contributed by atoms with van der Waals surface area (Å²) in [5.74, 6) is 0.991. The van der Waals surface area contributed by atoms with E-state index >= 15 is 0 Å². The second-order valence-electron chi connectivity index (χ2n) is 10.4. The number of benzene rings is 1. The molecule has 3 rings (SSSR count). The number of likely N-dealkylation sites (N-methyl/N-ethyl adjacent to an activating group) is 2. The van der Waals surface area contributed by atoms with Gasteiger partial charge in [-0.05, 0) is 77.5 Å². The number of nitrogens with one attached hydrogen (secondary N) is 1. The van der Waals surface area contributed by atoms with Crippen LogP contribution in [0.5, 0.6) is 0 Å². The van der Waals surface area contributed by atoms with Crippen LogP contribution in [0.25, 0.3) is 17.3 Å². The van der Waals surface area contributed by atoms with Crippen molar-refractivity contribution in [2.45, 2.75) is 54.0 Å². The monoisotopic (exact) mass is 526 g/mol. The van der Waals surface area contributed by atoms with Crippen LogP contribution in [0, 0.1) is 6.92 Å². The number of rotatable bonds is 13. The van der Waals surface area contributed by atoms with Crippen LogP contribution in [-0.4, -0.2) is 53.9 Å². The maximum absolute atomic E-state index is 4.84. The van der Waals surface area contributed by atoms with Crippen molar-refractivity contribution in [3.8, 4) is 5.69 Å². The normalized spacial score (nSPS) is 12.8. The summed E-state index contributed by atoms with van der Waals surface area (Å²) >= 11 is 0. The molecule has 2 heterocycles. The molecule has 0 aliphatic carbocycles. The fraction of sp³-hybridized carbons (Fsp3) is 0.394. The van der Waals surface area contributed by atoms with Crippen molar-refractivity contribution in [2.24, 2.45) is 0 Å². The average molecular weight is 527 g/mol. The number of aryl methyl sites for hydroxylation is 1. The van der Waals surface area contributed by atoms with Gasteiger partial charge in [0, 0.05) is 49.7 Å². The minimum Gasteiger partial charge on any atom is -0.381 e. The van der Waals surface area contributed by atoms with Crippen molar-refractivity contribution in [1.29, 1.82) is 0 Å². The summed E-state index contributed by atoms with van der Waals surface area (Å²) in [4.78, 5) is 9.09. The molecular formula is C33H46N6. The molecule has 6 nitrogen and oxygen atoms in total. The number of nitrogens with zero attached hydrogens (tertiary/aromatic N) is 5. The topological polar surface area (TPSA) is 49.2 Å². The van der Waals surface area contributed by atoms with Crippen LogP contribution in [0.15, 0.2) is 72.2 Å². The Balaban J connectivity index is 1.87. The van der Waals surface area contributed by atoms with Gasteiger partial charge in [-0.3, -0.25) is 0 Å². The van der Waals surface area contributed by atoms with E-state index in [2.05, 4.69) is 130 Å². The highest BCUT2D eigenvalue weighted by molar-refractivity contribution is 5.83. The average Bonchev–Trinajstić information content (AvgIpc) is 3.34. The van der Waals surface area contributed by atoms with Gasteiger partial charge < -0.3 is 15.1 Å². The van der Waals surface area contributed by atoms with E-state index in [1.165, 1.54) is 11.1 Å². The Labute approximate surface area is 235 Å². The van der Waals surface area contributed by atoms with Gasteiger partial charge in [0.2, 0.25) is 0 Å². The number of aromatic nitrogens is 3. The molecule has 0 amide bonds. The summed E-state index contributed by atoms with van der Waals surface area (Å²) in [7, 11) is 6.27. The first-order valence-electron chi connectivity index (χ1n) is 14.0. The fourth-order valence-electron chi connectivity index (χ4n) is 4.28.